The molecule has 4 nitrogen and oxygen atoms in total. The molecule has 0 bridgehead atoms. The Morgan fingerprint density at radius 1 is 0.463 bits per heavy atom. The van der Waals surface area contributed by atoms with Crippen LogP contribution < -0.4 is 31.3 Å². The van der Waals surface area contributed by atoms with Crippen LogP contribution in [0.25, 0.3) is 22.1 Å². The van der Waals surface area contributed by atoms with Gasteiger partial charge in [0.2, 0.25) is 0 Å². The number of aryl methyl sites for hydroxylation is 1. The molecule has 0 saturated heterocycles. The normalized spacial score (nSPS) is 19.9. The molecule has 3 aliphatic carbocycles. The standard InChI is InChI=1S/C75H78BN3O/c1-47-39-64-67-65(40-47)79(62-45-59-57(72(6,7)35-37-74(59,10)11)43-53(62)48-23-17-14-18-24-48)63-42-52(77(49-25-19-15-20-26-49)50-27-21-16-22-28-50)30-32-61(63)76(67)69-68(54-44-58-60(46-66(54)80-69)75(12,13)38-36-73(58,8)9)78(64)51-29-31-55-56(41-51)71(4,5)34-33-70(55,2)3/h14-32,39-46H,33-38H2,1-13H3/i14D,17D,18D,23D,24D. The van der Waals surface area contributed by atoms with E-state index in [0.29, 0.717) is 5.56 Å². The summed E-state index contributed by atoms with van der Waals surface area (Å²) in [7, 11) is 0. The highest BCUT2D eigenvalue weighted by Crippen LogP contribution is 2.56. The number of para-hydroxylation sites is 2. The van der Waals surface area contributed by atoms with Crippen LogP contribution in [0, 0.1) is 6.92 Å². The summed E-state index contributed by atoms with van der Waals surface area (Å²) in [6.45, 7) is 30.3. The van der Waals surface area contributed by atoms with Crippen molar-refractivity contribution in [2.24, 2.45) is 0 Å². The molecule has 2 aliphatic heterocycles. The zero-order valence-corrected chi connectivity index (χ0v) is 49.3. The second-order valence-electron chi connectivity index (χ2n) is 28.2. The Morgan fingerprint density at radius 3 is 1.56 bits per heavy atom. The first-order valence-electron chi connectivity index (χ1n) is 31.9. The van der Waals surface area contributed by atoms with E-state index in [-0.39, 0.29) is 68.9 Å². The van der Waals surface area contributed by atoms with E-state index in [2.05, 4.69) is 238 Å². The van der Waals surface area contributed by atoms with Gasteiger partial charge in [-0.1, -0.05) is 162 Å². The highest BCUT2D eigenvalue weighted by atomic mass is 16.3. The first-order chi connectivity index (χ1) is 40.1. The first-order valence-corrected chi connectivity index (χ1v) is 29.4. The number of hydrogen-bond donors (Lipinski definition) is 0. The van der Waals surface area contributed by atoms with Crippen molar-refractivity contribution in [1.82, 2.24) is 0 Å². The monoisotopic (exact) mass is 1050 g/mol. The SMILES string of the molecule is [2H]c1c([2H])c([2H])c(-c2cc3c(cc2N2c4cc(N(c5ccccc5)c5ccccc5)ccc4B4c5oc6cc7c(cc6c5N(c5ccc6c(c5)C(C)(C)CCC6(C)C)c5cc(C)cc2c54)C(C)(C)CCC7(C)C)C(C)(C)CCC3(C)C)c([2H])c1[2H]. The van der Waals surface area contributed by atoms with E-state index >= 15 is 0 Å². The minimum atomic E-state index is -0.408. The van der Waals surface area contributed by atoms with Crippen LogP contribution in [0.2, 0.25) is 0 Å². The third-order valence-corrected chi connectivity index (χ3v) is 20.1. The molecule has 8 aromatic carbocycles. The van der Waals surface area contributed by atoms with Crippen LogP contribution in [0.1, 0.15) is 167 Å². The summed E-state index contributed by atoms with van der Waals surface area (Å²) < 4.78 is 54.6. The van der Waals surface area contributed by atoms with E-state index in [1.807, 2.05) is 0 Å². The predicted octanol–water partition coefficient (Wildman–Crippen LogP) is 19.0. The Kier molecular flexibility index (Phi) is 9.89. The highest BCUT2D eigenvalue weighted by Gasteiger charge is 2.50. The second kappa shape index (κ2) is 17.4. The van der Waals surface area contributed by atoms with E-state index in [1.54, 1.807) is 0 Å². The molecule has 3 heterocycles. The quantitative estimate of drug-likeness (QED) is 0.155. The molecule has 0 N–H and O–H groups in total. The Bertz CT molecular complexity index is 4240. The summed E-state index contributed by atoms with van der Waals surface area (Å²) in [4.78, 5) is 7.25. The van der Waals surface area contributed by atoms with Crippen molar-refractivity contribution in [3.63, 3.8) is 0 Å². The number of fused-ring (bicyclic) bond motifs is 9. The zero-order chi connectivity index (χ0) is 60.0. The van der Waals surface area contributed by atoms with E-state index in [4.69, 9.17) is 5.79 Å². The maximum atomic E-state index is 9.78. The molecule has 1 aromatic heterocycles. The maximum absolute atomic E-state index is 9.78. The van der Waals surface area contributed by atoms with Gasteiger partial charge < -0.3 is 19.1 Å². The van der Waals surface area contributed by atoms with E-state index in [0.717, 1.165) is 128 Å². The second-order valence-corrected chi connectivity index (χ2v) is 28.2. The molecule has 80 heavy (non-hydrogen) atoms. The fourth-order valence-electron chi connectivity index (χ4n) is 15.0. The lowest BCUT2D eigenvalue weighted by atomic mass is 9.35. The number of furan rings is 1. The number of nitrogens with zero attached hydrogens (tertiary/aromatic N) is 3. The summed E-state index contributed by atoms with van der Waals surface area (Å²) in [5.74, 6) is 0. The summed E-state index contributed by atoms with van der Waals surface area (Å²) in [5.41, 5.74) is 21.7. The average Bonchev–Trinajstić information content (AvgIpc) is 1.70. The largest absolute Gasteiger partial charge is 0.468 e. The molecule has 9 aromatic rings. The van der Waals surface area contributed by atoms with Crippen LogP contribution >= 0.6 is 0 Å². The van der Waals surface area contributed by atoms with Gasteiger partial charge >= 0.3 is 0 Å². The lowest BCUT2D eigenvalue weighted by Gasteiger charge is -2.46. The lowest BCUT2D eigenvalue weighted by molar-refractivity contribution is 0.332. The minimum Gasteiger partial charge on any atom is -0.468 e. The van der Waals surface area contributed by atoms with E-state index in [1.165, 1.54) is 27.8 Å². The Balaban J connectivity index is 1.14. The number of anilines is 9. The molecule has 0 atom stereocenters. The predicted molar refractivity (Wildman–Crippen MR) is 341 cm³/mol. The topological polar surface area (TPSA) is 22.9 Å². The van der Waals surface area contributed by atoms with Crippen LogP contribution in [-0.4, -0.2) is 6.71 Å². The summed E-state index contributed by atoms with van der Waals surface area (Å²) in [6.07, 6.45) is 6.27. The van der Waals surface area contributed by atoms with Crippen molar-refractivity contribution in [2.75, 3.05) is 14.7 Å². The summed E-state index contributed by atoms with van der Waals surface area (Å²) >= 11 is 0. The van der Waals surface area contributed by atoms with Gasteiger partial charge in [0, 0.05) is 50.8 Å². The van der Waals surface area contributed by atoms with Gasteiger partial charge in [-0.15, -0.1) is 0 Å². The van der Waals surface area contributed by atoms with Crippen LogP contribution in [0.3, 0.4) is 0 Å². The lowest BCUT2D eigenvalue weighted by Crippen LogP contribution is -2.61. The van der Waals surface area contributed by atoms with Crippen molar-refractivity contribution in [3.8, 4) is 11.1 Å². The molecule has 0 unspecified atom stereocenters. The zero-order valence-electron chi connectivity index (χ0n) is 54.3. The van der Waals surface area contributed by atoms with Gasteiger partial charge in [0.1, 0.15) is 5.58 Å². The molecule has 5 heteroatoms. The van der Waals surface area contributed by atoms with Gasteiger partial charge in [0.25, 0.3) is 6.71 Å². The van der Waals surface area contributed by atoms with Gasteiger partial charge in [-0.3, -0.25) is 0 Å². The van der Waals surface area contributed by atoms with Crippen molar-refractivity contribution in [2.45, 2.75) is 161 Å². The summed E-state index contributed by atoms with van der Waals surface area (Å²) in [5, 5.41) is 1.11. The molecule has 0 fully saturated rings. The molecule has 0 radical (unpaired) electrons. The van der Waals surface area contributed by atoms with Crippen molar-refractivity contribution < 1.29 is 11.3 Å². The van der Waals surface area contributed by atoms with Crippen LogP contribution in [0.15, 0.2) is 168 Å². The van der Waals surface area contributed by atoms with Crippen LogP contribution in [0.5, 0.6) is 0 Å². The van der Waals surface area contributed by atoms with Gasteiger partial charge in [0.15, 0.2) is 0 Å². The van der Waals surface area contributed by atoms with Crippen LogP contribution in [0.4, 0.5) is 51.2 Å². The van der Waals surface area contributed by atoms with Crippen molar-refractivity contribution >= 4 is 85.5 Å². The Morgan fingerprint density at radius 2 is 0.975 bits per heavy atom. The molecule has 0 spiro atoms. The van der Waals surface area contributed by atoms with Crippen molar-refractivity contribution in [1.29, 1.82) is 0 Å². The fraction of sp³-hybridized carbons (Fsp3) is 0.333. The summed E-state index contributed by atoms with van der Waals surface area (Å²) in [6, 6.07) is 47.8. The smallest absolute Gasteiger partial charge is 0.297 e. The third kappa shape index (κ3) is 7.68. The molecular weight excluding hydrogens is 970 g/mol. The number of rotatable bonds is 6. The molecule has 14 rings (SSSR count). The van der Waals surface area contributed by atoms with Gasteiger partial charge in [-0.05, 0) is 218 Å². The number of hydrogen-bond acceptors (Lipinski definition) is 4. The Hall–Kier alpha value is -7.24. The maximum Gasteiger partial charge on any atom is 0.297 e. The minimum absolute atomic E-state index is 0.0140. The molecular formula is C75H78BN3O. The molecule has 5 aliphatic rings. The van der Waals surface area contributed by atoms with Crippen LogP contribution in [-0.2, 0) is 32.5 Å². The van der Waals surface area contributed by atoms with Gasteiger partial charge in [0.05, 0.1) is 23.9 Å². The van der Waals surface area contributed by atoms with Crippen molar-refractivity contribution in [3.05, 3.63) is 203 Å². The van der Waals surface area contributed by atoms with Gasteiger partial charge in [-0.2, -0.15) is 0 Å². The van der Waals surface area contributed by atoms with E-state index in [9.17, 15) is 5.48 Å². The number of benzene rings is 8. The Labute approximate surface area is 484 Å². The average molecular weight is 1050 g/mol. The van der Waals surface area contributed by atoms with Gasteiger partial charge in [-0.25, -0.2) is 0 Å². The highest BCUT2D eigenvalue weighted by molar-refractivity contribution is 7.00. The fourth-order valence-corrected chi connectivity index (χ4v) is 15.0. The molecule has 0 amide bonds. The first kappa shape index (κ1) is 45.5. The molecule has 402 valence electrons. The van der Waals surface area contributed by atoms with E-state index < -0.39 is 6.04 Å². The molecule has 0 saturated carbocycles. The third-order valence-electron chi connectivity index (χ3n) is 20.1.